The summed E-state index contributed by atoms with van der Waals surface area (Å²) in [6.45, 7) is 0. The number of ketones is 1. The topological polar surface area (TPSA) is 60.7 Å². The van der Waals surface area contributed by atoms with E-state index in [1.165, 1.54) is 11.7 Å². The molecule has 0 radical (unpaired) electrons. The summed E-state index contributed by atoms with van der Waals surface area (Å²) in [7, 11) is 1.75. The first-order valence-corrected chi connectivity index (χ1v) is 5.98. The average Bonchev–Trinajstić information content (AvgIpc) is 2.75. The zero-order valence-corrected chi connectivity index (χ0v) is 10.6. The Morgan fingerprint density at radius 1 is 1.47 bits per heavy atom. The molecule has 2 heterocycles. The number of thioether (sulfide) groups is 1. The molecular formula is C11H8F2N4OS. The number of pyridine rings is 1. The fraction of sp³-hybridized carbons (Fsp3) is 0.0909. The molecule has 8 heteroatoms. The summed E-state index contributed by atoms with van der Waals surface area (Å²) < 4.78 is 27.6. The quantitative estimate of drug-likeness (QED) is 0.487. The maximum absolute atomic E-state index is 13.3. The van der Waals surface area contributed by atoms with Gasteiger partial charge in [0, 0.05) is 13.1 Å². The van der Waals surface area contributed by atoms with Crippen molar-refractivity contribution in [3.63, 3.8) is 0 Å². The monoisotopic (exact) mass is 282 g/mol. The SMILES string of the molecule is Cn1cnnc1S/C=C/C(=O)c1ncc(F)cc1F. The lowest BCUT2D eigenvalue weighted by Crippen LogP contribution is -2.03. The molecule has 0 atom stereocenters. The van der Waals surface area contributed by atoms with E-state index in [-0.39, 0.29) is 0 Å². The van der Waals surface area contributed by atoms with Crippen LogP contribution in [0.1, 0.15) is 10.5 Å². The zero-order chi connectivity index (χ0) is 13.8. The van der Waals surface area contributed by atoms with Crippen molar-refractivity contribution in [2.24, 2.45) is 7.05 Å². The number of aromatic nitrogens is 4. The third kappa shape index (κ3) is 3.22. The molecule has 0 amide bonds. The second-order valence-corrected chi connectivity index (χ2v) is 4.37. The van der Waals surface area contributed by atoms with E-state index in [1.54, 1.807) is 11.6 Å². The van der Waals surface area contributed by atoms with Crippen LogP contribution < -0.4 is 0 Å². The van der Waals surface area contributed by atoms with Crippen LogP contribution in [0.3, 0.4) is 0 Å². The van der Waals surface area contributed by atoms with Gasteiger partial charge in [0.15, 0.2) is 11.0 Å². The number of carbonyl (C=O) groups is 1. The van der Waals surface area contributed by atoms with Crippen molar-refractivity contribution in [3.8, 4) is 0 Å². The molecule has 0 bridgehead atoms. The van der Waals surface area contributed by atoms with Gasteiger partial charge in [0.05, 0.1) is 6.20 Å². The van der Waals surface area contributed by atoms with E-state index in [9.17, 15) is 13.6 Å². The summed E-state index contributed by atoms with van der Waals surface area (Å²) in [5, 5.41) is 9.47. The first-order chi connectivity index (χ1) is 9.08. The van der Waals surface area contributed by atoms with Gasteiger partial charge in [0.2, 0.25) is 5.78 Å². The van der Waals surface area contributed by atoms with Gasteiger partial charge in [0.1, 0.15) is 17.8 Å². The van der Waals surface area contributed by atoms with Crippen molar-refractivity contribution in [1.29, 1.82) is 0 Å². The second-order valence-electron chi connectivity index (χ2n) is 3.49. The average molecular weight is 282 g/mol. The van der Waals surface area contributed by atoms with Gasteiger partial charge in [-0.3, -0.25) is 4.79 Å². The van der Waals surface area contributed by atoms with Gasteiger partial charge < -0.3 is 4.57 Å². The number of carbonyl (C=O) groups excluding carboxylic acids is 1. The molecule has 2 rings (SSSR count). The van der Waals surface area contributed by atoms with Gasteiger partial charge >= 0.3 is 0 Å². The lowest BCUT2D eigenvalue weighted by Gasteiger charge is -1.97. The fourth-order valence-corrected chi connectivity index (χ4v) is 1.83. The Kier molecular flexibility index (Phi) is 4.00. The summed E-state index contributed by atoms with van der Waals surface area (Å²) in [5.74, 6) is -2.46. The van der Waals surface area contributed by atoms with Crippen LogP contribution in [0.25, 0.3) is 0 Å². The number of rotatable bonds is 4. The Bertz CT molecular complexity index is 641. The molecule has 0 aliphatic heterocycles. The van der Waals surface area contributed by atoms with Crippen molar-refractivity contribution < 1.29 is 13.6 Å². The van der Waals surface area contributed by atoms with Gasteiger partial charge in [-0.15, -0.1) is 10.2 Å². The highest BCUT2D eigenvalue weighted by Gasteiger charge is 2.11. The van der Waals surface area contributed by atoms with Crippen LogP contribution in [0.4, 0.5) is 8.78 Å². The Balaban J connectivity index is 2.07. The molecule has 2 aromatic heterocycles. The Hall–Kier alpha value is -2.09. The van der Waals surface area contributed by atoms with Crippen LogP contribution in [0, 0.1) is 11.6 Å². The van der Waals surface area contributed by atoms with E-state index in [0.717, 1.165) is 24.0 Å². The standard InChI is InChI=1S/C11H8F2N4OS/c1-17-6-15-16-11(17)19-3-2-9(18)10-8(13)4-7(12)5-14-10/h2-6H,1H3/b3-2+. The Morgan fingerprint density at radius 3 is 2.89 bits per heavy atom. The minimum Gasteiger partial charge on any atom is -0.312 e. The normalized spacial score (nSPS) is 11.1. The molecule has 0 aromatic carbocycles. The van der Waals surface area contributed by atoms with E-state index in [1.807, 2.05) is 0 Å². The predicted octanol–water partition coefficient (Wildman–Crippen LogP) is 1.98. The van der Waals surface area contributed by atoms with Crippen LogP contribution >= 0.6 is 11.8 Å². The fourth-order valence-electron chi connectivity index (χ4n) is 1.21. The van der Waals surface area contributed by atoms with Crippen molar-refractivity contribution >= 4 is 17.5 Å². The summed E-state index contributed by atoms with van der Waals surface area (Å²) in [5.41, 5.74) is -0.420. The number of halogens is 2. The molecular weight excluding hydrogens is 274 g/mol. The van der Waals surface area contributed by atoms with E-state index >= 15 is 0 Å². The molecule has 0 saturated heterocycles. The van der Waals surface area contributed by atoms with Crippen LogP contribution in [0.15, 0.2) is 35.2 Å². The maximum Gasteiger partial charge on any atom is 0.207 e. The number of hydrogen-bond acceptors (Lipinski definition) is 5. The van der Waals surface area contributed by atoms with Crippen molar-refractivity contribution in [2.75, 3.05) is 0 Å². The van der Waals surface area contributed by atoms with Gasteiger partial charge in [0.25, 0.3) is 0 Å². The number of aryl methyl sites for hydroxylation is 1. The minimum absolute atomic E-state index is 0.420. The smallest absolute Gasteiger partial charge is 0.207 e. The molecule has 98 valence electrons. The molecule has 0 N–H and O–H groups in total. The summed E-state index contributed by atoms with van der Waals surface area (Å²) >= 11 is 1.15. The molecule has 2 aromatic rings. The zero-order valence-electron chi connectivity index (χ0n) is 9.75. The molecule has 0 aliphatic rings. The summed E-state index contributed by atoms with van der Waals surface area (Å²) in [6.07, 6.45) is 3.45. The Morgan fingerprint density at radius 2 is 2.26 bits per heavy atom. The van der Waals surface area contributed by atoms with E-state index in [0.29, 0.717) is 11.2 Å². The third-order valence-corrected chi connectivity index (χ3v) is 2.96. The lowest BCUT2D eigenvalue weighted by molar-refractivity contribution is 0.103. The van der Waals surface area contributed by atoms with E-state index < -0.39 is 23.1 Å². The summed E-state index contributed by atoms with van der Waals surface area (Å²) in [4.78, 5) is 15.0. The highest BCUT2D eigenvalue weighted by Crippen LogP contribution is 2.15. The molecule has 0 unspecified atom stereocenters. The largest absolute Gasteiger partial charge is 0.312 e. The lowest BCUT2D eigenvalue weighted by atomic mass is 10.2. The molecule has 5 nitrogen and oxygen atoms in total. The number of allylic oxidation sites excluding steroid dienone is 1. The first-order valence-electron chi connectivity index (χ1n) is 5.10. The molecule has 0 aliphatic carbocycles. The van der Waals surface area contributed by atoms with Gasteiger partial charge in [-0.2, -0.15) is 0 Å². The molecule has 0 saturated carbocycles. The number of nitrogens with zero attached hydrogens (tertiary/aromatic N) is 4. The minimum atomic E-state index is -0.988. The second kappa shape index (κ2) is 5.70. The predicted molar refractivity (Wildman–Crippen MR) is 64.5 cm³/mol. The molecule has 0 fully saturated rings. The van der Waals surface area contributed by atoms with E-state index in [4.69, 9.17) is 0 Å². The highest BCUT2D eigenvalue weighted by atomic mass is 32.2. The number of hydrogen-bond donors (Lipinski definition) is 0. The van der Waals surface area contributed by atoms with Crippen molar-refractivity contribution in [1.82, 2.24) is 19.7 Å². The van der Waals surface area contributed by atoms with Crippen LogP contribution in [0.5, 0.6) is 0 Å². The highest BCUT2D eigenvalue weighted by molar-refractivity contribution is 8.02. The van der Waals surface area contributed by atoms with Gasteiger partial charge in [-0.05, 0) is 11.5 Å². The van der Waals surface area contributed by atoms with Crippen molar-refractivity contribution in [3.05, 3.63) is 47.4 Å². The third-order valence-electron chi connectivity index (χ3n) is 2.10. The molecule has 0 spiro atoms. The first kappa shape index (κ1) is 13.3. The summed E-state index contributed by atoms with van der Waals surface area (Å²) in [6, 6.07) is 0.615. The van der Waals surface area contributed by atoms with Crippen LogP contribution in [0.2, 0.25) is 0 Å². The molecule has 19 heavy (non-hydrogen) atoms. The Labute approximate surface area is 111 Å². The maximum atomic E-state index is 13.3. The van der Waals surface area contributed by atoms with Crippen LogP contribution in [-0.4, -0.2) is 25.5 Å². The van der Waals surface area contributed by atoms with Crippen molar-refractivity contribution in [2.45, 2.75) is 5.16 Å². The van der Waals surface area contributed by atoms with Gasteiger partial charge in [-0.25, -0.2) is 13.8 Å². The van der Waals surface area contributed by atoms with Gasteiger partial charge in [-0.1, -0.05) is 11.8 Å². The van der Waals surface area contributed by atoms with E-state index in [2.05, 4.69) is 15.2 Å². The van der Waals surface area contributed by atoms with Crippen LogP contribution in [-0.2, 0) is 7.05 Å².